The molecule has 0 spiro atoms. The van der Waals surface area contributed by atoms with E-state index < -0.39 is 0 Å². The van der Waals surface area contributed by atoms with Crippen molar-refractivity contribution in [2.75, 3.05) is 19.7 Å². The first-order valence-electron chi connectivity index (χ1n) is 5.96. The van der Waals surface area contributed by atoms with Gasteiger partial charge in [-0.3, -0.25) is 4.79 Å². The highest BCUT2D eigenvalue weighted by Gasteiger charge is 2.20. The van der Waals surface area contributed by atoms with Crippen LogP contribution in [0, 0.1) is 0 Å². The van der Waals surface area contributed by atoms with Crippen LogP contribution in [0.3, 0.4) is 0 Å². The fraction of sp³-hybridized carbons (Fsp3) is 0.909. The van der Waals surface area contributed by atoms with Crippen molar-refractivity contribution < 1.29 is 9.53 Å². The Morgan fingerprint density at radius 1 is 1.25 bits per heavy atom. The standard InChI is InChI=1S/C11H20N2O2.ClH/c14-11(8-15-10-6-12-7-10)13-9-4-2-1-3-5-9;/h9-10,12H,1-8H2,(H,13,14);1H. The molecule has 0 aromatic heterocycles. The highest BCUT2D eigenvalue weighted by atomic mass is 35.5. The molecular weight excluding hydrogens is 228 g/mol. The van der Waals surface area contributed by atoms with E-state index in [0.717, 1.165) is 25.9 Å². The predicted octanol–water partition coefficient (Wildman–Crippen LogP) is 0.845. The molecule has 16 heavy (non-hydrogen) atoms. The molecule has 94 valence electrons. The number of ether oxygens (including phenoxy) is 1. The van der Waals surface area contributed by atoms with Crippen molar-refractivity contribution in [2.24, 2.45) is 0 Å². The Labute approximate surface area is 103 Å². The van der Waals surface area contributed by atoms with Crippen LogP contribution in [0.4, 0.5) is 0 Å². The Hall–Kier alpha value is -0.320. The number of carbonyl (C=O) groups excluding carboxylic acids is 1. The maximum atomic E-state index is 11.5. The smallest absolute Gasteiger partial charge is 0.246 e. The molecule has 2 fully saturated rings. The summed E-state index contributed by atoms with van der Waals surface area (Å²) in [5.74, 6) is 0.0498. The van der Waals surface area contributed by atoms with E-state index in [4.69, 9.17) is 4.74 Å². The molecule has 4 nitrogen and oxygen atoms in total. The van der Waals surface area contributed by atoms with Gasteiger partial charge in [0.2, 0.25) is 5.91 Å². The van der Waals surface area contributed by atoms with Crippen molar-refractivity contribution in [2.45, 2.75) is 44.2 Å². The van der Waals surface area contributed by atoms with Gasteiger partial charge in [0.25, 0.3) is 0 Å². The number of hydrogen-bond acceptors (Lipinski definition) is 3. The predicted molar refractivity (Wildman–Crippen MR) is 64.9 cm³/mol. The van der Waals surface area contributed by atoms with Crippen molar-refractivity contribution in [1.29, 1.82) is 0 Å². The molecule has 1 aliphatic heterocycles. The molecule has 0 aromatic carbocycles. The maximum absolute atomic E-state index is 11.5. The molecule has 0 aromatic rings. The average Bonchev–Trinajstić information content (AvgIpc) is 2.17. The molecule has 1 amide bonds. The summed E-state index contributed by atoms with van der Waals surface area (Å²) in [5, 5.41) is 6.15. The molecule has 2 aliphatic rings. The molecule has 5 heteroatoms. The van der Waals surface area contributed by atoms with Crippen molar-refractivity contribution in [3.63, 3.8) is 0 Å². The third-order valence-electron chi connectivity index (χ3n) is 3.16. The van der Waals surface area contributed by atoms with Gasteiger partial charge >= 0.3 is 0 Å². The van der Waals surface area contributed by atoms with Crippen LogP contribution in [0.1, 0.15) is 32.1 Å². The second-order valence-corrected chi connectivity index (χ2v) is 4.49. The lowest BCUT2D eigenvalue weighted by atomic mass is 9.95. The number of halogens is 1. The van der Waals surface area contributed by atoms with E-state index in [-0.39, 0.29) is 31.0 Å². The minimum absolute atomic E-state index is 0. The number of carbonyl (C=O) groups is 1. The summed E-state index contributed by atoms with van der Waals surface area (Å²) in [5.41, 5.74) is 0. The third kappa shape index (κ3) is 4.28. The number of rotatable bonds is 4. The largest absolute Gasteiger partial charge is 0.366 e. The summed E-state index contributed by atoms with van der Waals surface area (Å²) in [7, 11) is 0. The lowest BCUT2D eigenvalue weighted by Gasteiger charge is -2.27. The number of hydrogen-bond donors (Lipinski definition) is 2. The Morgan fingerprint density at radius 2 is 1.94 bits per heavy atom. The topological polar surface area (TPSA) is 50.4 Å². The summed E-state index contributed by atoms with van der Waals surface area (Å²) in [6.45, 7) is 2.00. The Kier molecular flexibility index (Phi) is 6.09. The summed E-state index contributed by atoms with van der Waals surface area (Å²) >= 11 is 0. The molecule has 0 unspecified atom stereocenters. The van der Waals surface area contributed by atoms with Gasteiger partial charge in [-0.25, -0.2) is 0 Å². The van der Waals surface area contributed by atoms with Gasteiger partial charge in [0, 0.05) is 19.1 Å². The van der Waals surface area contributed by atoms with E-state index in [1.807, 2.05) is 0 Å². The van der Waals surface area contributed by atoms with Crippen molar-refractivity contribution in [3.8, 4) is 0 Å². The van der Waals surface area contributed by atoms with Crippen LogP contribution < -0.4 is 10.6 Å². The van der Waals surface area contributed by atoms with Crippen LogP contribution in [0.15, 0.2) is 0 Å². The highest BCUT2D eigenvalue weighted by Crippen LogP contribution is 2.17. The Morgan fingerprint density at radius 3 is 2.50 bits per heavy atom. The summed E-state index contributed by atoms with van der Waals surface area (Å²) in [6, 6.07) is 0.398. The van der Waals surface area contributed by atoms with E-state index in [1.165, 1.54) is 19.3 Å². The van der Waals surface area contributed by atoms with Gasteiger partial charge in [-0.1, -0.05) is 19.3 Å². The zero-order valence-corrected chi connectivity index (χ0v) is 10.4. The normalized spacial score (nSPS) is 22.0. The van der Waals surface area contributed by atoms with Crippen molar-refractivity contribution >= 4 is 18.3 Å². The first-order chi connectivity index (χ1) is 7.34. The van der Waals surface area contributed by atoms with Crippen LogP contribution in [0.25, 0.3) is 0 Å². The van der Waals surface area contributed by atoms with Crippen LogP contribution in [0.2, 0.25) is 0 Å². The Balaban J connectivity index is 0.00000128. The lowest BCUT2D eigenvalue weighted by molar-refractivity contribution is -0.129. The molecule has 1 saturated heterocycles. The molecule has 1 saturated carbocycles. The van der Waals surface area contributed by atoms with Gasteiger partial charge < -0.3 is 15.4 Å². The Bertz CT molecular complexity index is 216. The second kappa shape index (κ2) is 7.09. The molecule has 0 bridgehead atoms. The minimum Gasteiger partial charge on any atom is -0.366 e. The van der Waals surface area contributed by atoms with Gasteiger partial charge in [-0.05, 0) is 12.8 Å². The van der Waals surface area contributed by atoms with Gasteiger partial charge in [-0.15, -0.1) is 12.4 Å². The lowest BCUT2D eigenvalue weighted by Crippen LogP contribution is -2.50. The molecule has 0 atom stereocenters. The fourth-order valence-corrected chi connectivity index (χ4v) is 2.09. The molecule has 1 heterocycles. The SMILES string of the molecule is Cl.O=C(COC1CNC1)NC1CCCCC1. The monoisotopic (exact) mass is 248 g/mol. The van der Waals surface area contributed by atoms with Crippen molar-refractivity contribution in [3.05, 3.63) is 0 Å². The molecule has 2 N–H and O–H groups in total. The molecule has 0 radical (unpaired) electrons. The van der Waals surface area contributed by atoms with Gasteiger partial charge in [0.15, 0.2) is 0 Å². The third-order valence-corrected chi connectivity index (χ3v) is 3.16. The summed E-state index contributed by atoms with van der Waals surface area (Å²) in [4.78, 5) is 11.5. The average molecular weight is 249 g/mol. The van der Waals surface area contributed by atoms with E-state index >= 15 is 0 Å². The quantitative estimate of drug-likeness (QED) is 0.776. The van der Waals surface area contributed by atoms with E-state index in [2.05, 4.69) is 10.6 Å². The number of nitrogens with one attached hydrogen (secondary N) is 2. The molecular formula is C11H21ClN2O2. The zero-order chi connectivity index (χ0) is 10.5. The van der Waals surface area contributed by atoms with Crippen LogP contribution in [-0.2, 0) is 9.53 Å². The van der Waals surface area contributed by atoms with Crippen molar-refractivity contribution in [1.82, 2.24) is 10.6 Å². The first-order valence-corrected chi connectivity index (χ1v) is 5.96. The second-order valence-electron chi connectivity index (χ2n) is 4.49. The van der Waals surface area contributed by atoms with Crippen LogP contribution >= 0.6 is 12.4 Å². The van der Waals surface area contributed by atoms with E-state index in [9.17, 15) is 4.79 Å². The van der Waals surface area contributed by atoms with Gasteiger partial charge in [-0.2, -0.15) is 0 Å². The van der Waals surface area contributed by atoms with Gasteiger partial charge in [0.05, 0.1) is 6.10 Å². The molecule has 2 rings (SSSR count). The van der Waals surface area contributed by atoms with E-state index in [0.29, 0.717) is 6.04 Å². The van der Waals surface area contributed by atoms with Crippen LogP contribution in [-0.4, -0.2) is 37.7 Å². The first kappa shape index (κ1) is 13.7. The summed E-state index contributed by atoms with van der Waals surface area (Å²) < 4.78 is 5.41. The van der Waals surface area contributed by atoms with E-state index in [1.54, 1.807) is 0 Å². The molecule has 1 aliphatic carbocycles. The highest BCUT2D eigenvalue weighted by molar-refractivity contribution is 5.85. The summed E-state index contributed by atoms with van der Waals surface area (Å²) in [6.07, 6.45) is 6.34. The van der Waals surface area contributed by atoms with Gasteiger partial charge in [0.1, 0.15) is 6.61 Å². The number of amides is 1. The maximum Gasteiger partial charge on any atom is 0.246 e. The van der Waals surface area contributed by atoms with Crippen LogP contribution in [0.5, 0.6) is 0 Å². The fourth-order valence-electron chi connectivity index (χ4n) is 2.09. The zero-order valence-electron chi connectivity index (χ0n) is 9.54. The minimum atomic E-state index is 0.